The number of nitrogens with zero attached hydrogens (tertiary/aromatic N) is 1. The zero-order valence-corrected chi connectivity index (χ0v) is 10.9. The molecule has 18 heavy (non-hydrogen) atoms. The summed E-state index contributed by atoms with van der Waals surface area (Å²) in [5.74, 6) is 0.763. The van der Waals surface area contributed by atoms with Crippen LogP contribution in [0.2, 0.25) is 0 Å². The summed E-state index contributed by atoms with van der Waals surface area (Å²) in [7, 11) is 0. The third kappa shape index (κ3) is 2.44. The van der Waals surface area contributed by atoms with Crippen molar-refractivity contribution in [2.45, 2.75) is 63.5 Å². The maximum atomic E-state index is 12.1. The highest BCUT2D eigenvalue weighted by Crippen LogP contribution is 2.31. The maximum absolute atomic E-state index is 12.1. The van der Waals surface area contributed by atoms with E-state index in [1.165, 1.54) is 37.0 Å². The fraction of sp³-hybridized carbons (Fsp3) is 0.857. The van der Waals surface area contributed by atoms with Crippen LogP contribution in [0.15, 0.2) is 0 Å². The molecule has 3 rings (SSSR count). The Morgan fingerprint density at radius 3 is 2.44 bits per heavy atom. The van der Waals surface area contributed by atoms with E-state index in [1.807, 2.05) is 0 Å². The Kier molecular flexibility index (Phi) is 3.37. The van der Waals surface area contributed by atoms with Crippen molar-refractivity contribution in [2.75, 3.05) is 6.54 Å². The average molecular weight is 250 g/mol. The molecule has 2 saturated carbocycles. The Bertz CT molecular complexity index is 346. The average Bonchev–Trinajstić information content (AvgIpc) is 3.16. The molecule has 4 heteroatoms. The van der Waals surface area contributed by atoms with Crippen molar-refractivity contribution in [1.82, 2.24) is 10.2 Å². The van der Waals surface area contributed by atoms with Gasteiger partial charge in [0.25, 0.3) is 0 Å². The summed E-state index contributed by atoms with van der Waals surface area (Å²) < 4.78 is 0. The van der Waals surface area contributed by atoms with Crippen LogP contribution in [-0.4, -0.2) is 35.3 Å². The van der Waals surface area contributed by atoms with Crippen LogP contribution in [0.3, 0.4) is 0 Å². The molecule has 1 saturated heterocycles. The van der Waals surface area contributed by atoms with Gasteiger partial charge in [0.2, 0.25) is 11.8 Å². The summed E-state index contributed by atoms with van der Waals surface area (Å²) in [6.07, 6.45) is 8.92. The molecule has 1 heterocycles. The van der Waals surface area contributed by atoms with E-state index in [1.54, 1.807) is 0 Å². The van der Waals surface area contributed by atoms with Crippen molar-refractivity contribution < 1.29 is 9.59 Å². The molecule has 100 valence electrons. The van der Waals surface area contributed by atoms with Crippen molar-refractivity contribution in [3.8, 4) is 0 Å². The van der Waals surface area contributed by atoms with Gasteiger partial charge in [-0.2, -0.15) is 0 Å². The predicted molar refractivity (Wildman–Crippen MR) is 67.9 cm³/mol. The fourth-order valence-corrected chi connectivity index (χ4v) is 3.23. The smallest absolute Gasteiger partial charge is 0.247 e. The first kappa shape index (κ1) is 12.2. The normalized spacial score (nSPS) is 30.2. The Balaban J connectivity index is 1.50. The van der Waals surface area contributed by atoms with Crippen LogP contribution in [0, 0.1) is 5.92 Å². The van der Waals surface area contributed by atoms with E-state index in [9.17, 15) is 9.59 Å². The van der Waals surface area contributed by atoms with Crippen molar-refractivity contribution in [3.63, 3.8) is 0 Å². The molecule has 0 aromatic carbocycles. The Hall–Kier alpha value is -0.900. The van der Waals surface area contributed by atoms with Crippen molar-refractivity contribution in [3.05, 3.63) is 0 Å². The number of amides is 2. The largest absolute Gasteiger partial charge is 0.305 e. The number of likely N-dealkylation sites (tertiary alicyclic amines) is 1. The van der Waals surface area contributed by atoms with Gasteiger partial charge in [0.15, 0.2) is 0 Å². The second kappa shape index (κ2) is 5.00. The standard InChI is InChI=1S/C14H22N2O2/c17-13-8-12(14(18)16(13)11-6-7-11)15-9-10-4-2-1-3-5-10/h10-12,15H,1-9H2. The second-order valence-electron chi connectivity index (χ2n) is 6.00. The van der Waals surface area contributed by atoms with Crippen molar-refractivity contribution in [1.29, 1.82) is 0 Å². The maximum Gasteiger partial charge on any atom is 0.247 e. The molecular formula is C14H22N2O2. The molecule has 2 amide bonds. The van der Waals surface area contributed by atoms with Gasteiger partial charge in [-0.3, -0.25) is 14.5 Å². The lowest BCUT2D eigenvalue weighted by atomic mass is 9.89. The van der Waals surface area contributed by atoms with Gasteiger partial charge in [0.1, 0.15) is 0 Å². The molecule has 3 aliphatic rings. The minimum atomic E-state index is -0.236. The van der Waals surface area contributed by atoms with Crippen molar-refractivity contribution >= 4 is 11.8 Å². The third-order valence-electron chi connectivity index (χ3n) is 4.47. The number of carbonyl (C=O) groups is 2. The molecule has 2 aliphatic carbocycles. The molecule has 1 atom stereocenters. The molecule has 1 unspecified atom stereocenters. The number of hydrogen-bond acceptors (Lipinski definition) is 3. The third-order valence-corrected chi connectivity index (χ3v) is 4.47. The first-order valence-corrected chi connectivity index (χ1v) is 7.35. The summed E-state index contributed by atoms with van der Waals surface area (Å²) in [5.41, 5.74) is 0. The van der Waals surface area contributed by atoms with Crippen LogP contribution in [0.4, 0.5) is 0 Å². The van der Waals surface area contributed by atoms with E-state index in [2.05, 4.69) is 5.32 Å². The van der Waals surface area contributed by atoms with Crippen molar-refractivity contribution in [2.24, 2.45) is 5.92 Å². The van der Waals surface area contributed by atoms with E-state index in [4.69, 9.17) is 0 Å². The quantitative estimate of drug-likeness (QED) is 0.768. The van der Waals surface area contributed by atoms with E-state index < -0.39 is 0 Å². The van der Waals surface area contributed by atoms with E-state index in [0.717, 1.165) is 19.4 Å². The highest BCUT2D eigenvalue weighted by molar-refractivity contribution is 6.06. The number of nitrogens with one attached hydrogen (secondary N) is 1. The number of hydrogen-bond donors (Lipinski definition) is 1. The molecule has 3 fully saturated rings. The summed E-state index contributed by atoms with van der Waals surface area (Å²) >= 11 is 0. The Labute approximate surface area is 108 Å². The molecule has 0 radical (unpaired) electrons. The highest BCUT2D eigenvalue weighted by atomic mass is 16.2. The second-order valence-corrected chi connectivity index (χ2v) is 6.00. The molecule has 1 N–H and O–H groups in total. The number of carbonyl (C=O) groups excluding carboxylic acids is 2. The molecular weight excluding hydrogens is 228 g/mol. The van der Waals surface area contributed by atoms with E-state index in [-0.39, 0.29) is 23.9 Å². The SMILES string of the molecule is O=C1CC(NCC2CCCCC2)C(=O)N1C1CC1. The lowest BCUT2D eigenvalue weighted by Crippen LogP contribution is -2.41. The topological polar surface area (TPSA) is 49.4 Å². The van der Waals surface area contributed by atoms with Gasteiger partial charge in [-0.15, -0.1) is 0 Å². The first-order valence-electron chi connectivity index (χ1n) is 7.35. The minimum absolute atomic E-state index is 0.0262. The molecule has 0 aromatic rings. The minimum Gasteiger partial charge on any atom is -0.305 e. The molecule has 1 aliphatic heterocycles. The summed E-state index contributed by atoms with van der Waals surface area (Å²) in [5, 5.41) is 3.33. The number of rotatable bonds is 4. The van der Waals surface area contributed by atoms with Crippen LogP contribution in [0.25, 0.3) is 0 Å². The van der Waals surface area contributed by atoms with E-state index >= 15 is 0 Å². The van der Waals surface area contributed by atoms with Crippen LogP contribution in [0.5, 0.6) is 0 Å². The first-order chi connectivity index (χ1) is 8.75. The molecule has 0 bridgehead atoms. The molecule has 4 nitrogen and oxygen atoms in total. The molecule has 0 aromatic heterocycles. The molecule has 0 spiro atoms. The Morgan fingerprint density at radius 1 is 1.06 bits per heavy atom. The lowest BCUT2D eigenvalue weighted by Gasteiger charge is -2.23. The highest BCUT2D eigenvalue weighted by Gasteiger charge is 2.45. The fourth-order valence-electron chi connectivity index (χ4n) is 3.23. The lowest BCUT2D eigenvalue weighted by molar-refractivity contribution is -0.139. The van der Waals surface area contributed by atoms with E-state index in [0.29, 0.717) is 12.3 Å². The van der Waals surface area contributed by atoms with Gasteiger partial charge < -0.3 is 5.32 Å². The summed E-state index contributed by atoms with van der Waals surface area (Å²) in [4.78, 5) is 25.4. The van der Waals surface area contributed by atoms with Crippen LogP contribution in [-0.2, 0) is 9.59 Å². The Morgan fingerprint density at radius 2 is 1.78 bits per heavy atom. The predicted octanol–water partition coefficient (Wildman–Crippen LogP) is 1.45. The van der Waals surface area contributed by atoms with Crippen LogP contribution < -0.4 is 5.32 Å². The zero-order valence-electron chi connectivity index (χ0n) is 10.9. The van der Waals surface area contributed by atoms with Gasteiger partial charge in [-0.25, -0.2) is 0 Å². The van der Waals surface area contributed by atoms with Gasteiger partial charge in [0.05, 0.1) is 12.5 Å². The van der Waals surface area contributed by atoms with Gasteiger partial charge >= 0.3 is 0 Å². The van der Waals surface area contributed by atoms with Gasteiger partial charge in [-0.05, 0) is 38.1 Å². The van der Waals surface area contributed by atoms with Gasteiger partial charge in [0, 0.05) is 6.04 Å². The summed E-state index contributed by atoms with van der Waals surface area (Å²) in [6, 6.07) is -0.00786. The summed E-state index contributed by atoms with van der Waals surface area (Å²) in [6.45, 7) is 0.905. The zero-order chi connectivity index (χ0) is 12.5. The van der Waals surface area contributed by atoms with Crippen LogP contribution in [0.1, 0.15) is 51.4 Å². The monoisotopic (exact) mass is 250 g/mol. The van der Waals surface area contributed by atoms with Crippen LogP contribution >= 0.6 is 0 Å². The number of imide groups is 1. The van der Waals surface area contributed by atoms with Gasteiger partial charge in [-0.1, -0.05) is 19.3 Å².